The molecule has 0 aromatic carbocycles. The number of hydrogen-bond acceptors (Lipinski definition) is 6. The van der Waals surface area contributed by atoms with Crippen molar-refractivity contribution in [3.8, 4) is 0 Å². The number of hydrogen-bond donors (Lipinski definition) is 3. The van der Waals surface area contributed by atoms with Crippen LogP contribution in [0, 0.1) is 6.92 Å². The van der Waals surface area contributed by atoms with Crippen molar-refractivity contribution in [2.75, 3.05) is 0 Å². The maximum atomic E-state index is 11.0. The molecule has 3 N–H and O–H groups in total. The number of carbonyl (C=O) groups excluding carboxylic acids is 1. The molecule has 0 aliphatic carbocycles. The van der Waals surface area contributed by atoms with E-state index in [0.717, 1.165) is 0 Å². The lowest BCUT2D eigenvalue weighted by Gasteiger charge is -2.00. The fourth-order valence-electron chi connectivity index (χ4n) is 0.739. The van der Waals surface area contributed by atoms with Gasteiger partial charge in [0.2, 0.25) is 0 Å². The molecule has 1 heterocycles. The first-order valence-corrected chi connectivity index (χ1v) is 5.93. The number of nitrogens with zero attached hydrogens (tertiary/aromatic N) is 1. The van der Waals surface area contributed by atoms with Gasteiger partial charge in [-0.3, -0.25) is 0 Å². The average Bonchev–Trinajstić information content (AvgIpc) is 2.34. The maximum Gasteiger partial charge on any atom is 0.478 e. The van der Waals surface area contributed by atoms with Gasteiger partial charge in [0.25, 0.3) is 0 Å². The van der Waals surface area contributed by atoms with Gasteiger partial charge < -0.3 is 0 Å². The zero-order chi connectivity index (χ0) is 10.1. The van der Waals surface area contributed by atoms with Crippen LogP contribution in [0.2, 0.25) is 0 Å². The van der Waals surface area contributed by atoms with E-state index in [-0.39, 0.29) is 6.42 Å². The Morgan fingerprint density at radius 3 is 2.62 bits per heavy atom. The lowest BCUT2D eigenvalue weighted by atomic mass is 10.3. The molecule has 0 fully saturated rings. The molecule has 0 spiro atoms. The van der Waals surface area contributed by atoms with Gasteiger partial charge in [0, 0.05) is 4.88 Å². The first-order chi connectivity index (χ1) is 5.91. The first-order valence-electron chi connectivity index (χ1n) is 3.41. The Bertz CT molecular complexity index is 319. The van der Waals surface area contributed by atoms with Crippen LogP contribution < -0.4 is 0 Å². The Kier molecular flexibility index (Phi) is 3.10. The van der Waals surface area contributed by atoms with Crippen molar-refractivity contribution in [3.63, 3.8) is 0 Å². The Morgan fingerprint density at radius 1 is 1.62 bits per heavy atom. The van der Waals surface area contributed by atoms with Crippen molar-refractivity contribution in [2.24, 2.45) is 0 Å². The van der Waals surface area contributed by atoms with E-state index in [2.05, 4.69) is 4.98 Å². The second kappa shape index (κ2) is 3.77. The molecule has 1 rings (SSSR count). The van der Waals surface area contributed by atoms with Crippen LogP contribution in [0.15, 0.2) is 5.51 Å². The van der Waals surface area contributed by atoms with Crippen LogP contribution >= 0.6 is 19.3 Å². The predicted octanol–water partition coefficient (Wildman–Crippen LogP) is 0.260. The van der Waals surface area contributed by atoms with E-state index in [1.807, 2.05) is 0 Å². The molecular weight excluding hydrogens is 213 g/mol. The molecule has 1 aromatic rings. The molecular formula is C6H9NO4PS+. The van der Waals surface area contributed by atoms with Crippen LogP contribution in [-0.2, 0) is 11.2 Å². The van der Waals surface area contributed by atoms with E-state index < -0.39 is 13.5 Å². The minimum absolute atomic E-state index is 0.173. The third kappa shape index (κ3) is 2.79. The largest absolute Gasteiger partial charge is 0.478 e. The first kappa shape index (κ1) is 10.7. The fraction of sp³-hybridized carbons (Fsp3) is 0.333. The number of carbonyl (C=O) groups is 1. The van der Waals surface area contributed by atoms with Gasteiger partial charge in [0.05, 0.1) is 17.6 Å². The molecule has 13 heavy (non-hydrogen) atoms. The van der Waals surface area contributed by atoms with E-state index in [1.54, 1.807) is 12.4 Å². The second-order valence-electron chi connectivity index (χ2n) is 2.50. The van der Waals surface area contributed by atoms with Crippen molar-refractivity contribution in [3.05, 3.63) is 16.1 Å². The van der Waals surface area contributed by atoms with Crippen LogP contribution in [0.1, 0.15) is 10.6 Å². The van der Waals surface area contributed by atoms with Crippen LogP contribution in [0.4, 0.5) is 0 Å². The summed E-state index contributed by atoms with van der Waals surface area (Å²) in [6.07, 6.45) is -0.173. The molecule has 0 aliphatic heterocycles. The Morgan fingerprint density at radius 2 is 2.23 bits per heavy atom. The minimum Gasteiger partial charge on any atom is -0.250 e. The lowest BCUT2D eigenvalue weighted by molar-refractivity contribution is -0.113. The van der Waals surface area contributed by atoms with Crippen molar-refractivity contribution in [1.82, 2.24) is 4.98 Å². The third-order valence-corrected chi connectivity index (χ3v) is 3.25. The van der Waals surface area contributed by atoms with Crippen molar-refractivity contribution in [2.45, 2.75) is 13.3 Å². The van der Waals surface area contributed by atoms with Gasteiger partial charge in [0.15, 0.2) is 0 Å². The molecule has 0 unspecified atom stereocenters. The summed E-state index contributed by atoms with van der Waals surface area (Å²) in [6, 6.07) is 0. The summed E-state index contributed by atoms with van der Waals surface area (Å²) in [5, 5.41) is 0. The van der Waals surface area contributed by atoms with Gasteiger partial charge in [0.1, 0.15) is 0 Å². The van der Waals surface area contributed by atoms with Gasteiger partial charge in [-0.05, 0) is 6.92 Å². The molecule has 0 bridgehead atoms. The molecule has 0 saturated heterocycles. The number of rotatable bonds is 3. The minimum atomic E-state index is -4.33. The molecule has 0 saturated carbocycles. The van der Waals surface area contributed by atoms with Crippen molar-refractivity contribution < 1.29 is 19.5 Å². The summed E-state index contributed by atoms with van der Waals surface area (Å²) in [4.78, 5) is 41.4. The maximum absolute atomic E-state index is 11.0. The molecule has 72 valence electrons. The highest BCUT2D eigenvalue weighted by molar-refractivity contribution is 7.76. The number of aryl methyl sites for hydroxylation is 1. The van der Waals surface area contributed by atoms with E-state index in [0.29, 0.717) is 10.6 Å². The quantitative estimate of drug-likeness (QED) is 0.638. The molecule has 0 radical (unpaired) electrons. The van der Waals surface area contributed by atoms with Gasteiger partial charge in [-0.15, -0.1) is 11.3 Å². The normalized spacial score (nSPS) is 11.7. The Balaban J connectivity index is 2.71. The van der Waals surface area contributed by atoms with Gasteiger partial charge in [-0.2, -0.15) is 14.7 Å². The number of aromatic nitrogens is 1. The lowest BCUT2D eigenvalue weighted by Crippen LogP contribution is -2.07. The van der Waals surface area contributed by atoms with E-state index in [1.165, 1.54) is 11.3 Å². The monoisotopic (exact) mass is 222 g/mol. The molecule has 0 amide bonds. The summed E-state index contributed by atoms with van der Waals surface area (Å²) >= 11 is 1.25. The van der Waals surface area contributed by atoms with Crippen LogP contribution in [-0.4, -0.2) is 25.2 Å². The highest BCUT2D eigenvalue weighted by Crippen LogP contribution is 2.46. The van der Waals surface area contributed by atoms with Gasteiger partial charge in [-0.25, -0.2) is 9.78 Å². The van der Waals surface area contributed by atoms with Crippen LogP contribution in [0.3, 0.4) is 0 Å². The van der Waals surface area contributed by atoms with E-state index in [4.69, 9.17) is 14.7 Å². The van der Waals surface area contributed by atoms with Crippen molar-refractivity contribution >= 4 is 24.8 Å². The average molecular weight is 222 g/mol. The Hall–Kier alpha value is -0.390. The SMILES string of the molecule is Cc1ncsc1CC(=O)[P+](O)(O)O. The zero-order valence-corrected chi connectivity index (χ0v) is 8.55. The highest BCUT2D eigenvalue weighted by Gasteiger charge is 2.42. The summed E-state index contributed by atoms with van der Waals surface area (Å²) in [6.45, 7) is 1.71. The van der Waals surface area contributed by atoms with Gasteiger partial charge in [-0.1, -0.05) is 0 Å². The molecule has 0 atom stereocenters. The molecule has 5 nitrogen and oxygen atoms in total. The number of thiazole rings is 1. The van der Waals surface area contributed by atoms with Crippen LogP contribution in [0.5, 0.6) is 0 Å². The fourth-order valence-corrected chi connectivity index (χ4v) is 1.99. The summed E-state index contributed by atoms with van der Waals surface area (Å²) in [5.41, 5.74) is 1.29. The smallest absolute Gasteiger partial charge is 0.250 e. The topological polar surface area (TPSA) is 90.7 Å². The Labute approximate surface area is 79.3 Å². The van der Waals surface area contributed by atoms with Crippen LogP contribution in [0.25, 0.3) is 0 Å². The molecule has 7 heteroatoms. The molecule has 1 aromatic heterocycles. The molecule has 0 aliphatic rings. The third-order valence-electron chi connectivity index (χ3n) is 1.49. The zero-order valence-electron chi connectivity index (χ0n) is 6.84. The summed E-state index contributed by atoms with van der Waals surface area (Å²) in [7, 11) is -4.33. The van der Waals surface area contributed by atoms with Gasteiger partial charge >= 0.3 is 13.5 Å². The second-order valence-corrected chi connectivity index (χ2v) is 5.07. The van der Waals surface area contributed by atoms with Crippen molar-refractivity contribution in [1.29, 1.82) is 0 Å². The predicted molar refractivity (Wildman–Crippen MR) is 49.1 cm³/mol. The highest BCUT2D eigenvalue weighted by atomic mass is 32.1. The summed E-state index contributed by atoms with van der Waals surface area (Å²) in [5.74, 6) is 0. The standard InChI is InChI=1S/C6H9NO4PS/c1-4-5(13-3-7-4)2-6(8)12(9,10)11/h3,9-11H,2H2,1H3/q+1. The van der Waals surface area contributed by atoms with E-state index >= 15 is 0 Å². The summed E-state index contributed by atoms with van der Waals surface area (Å²) < 4.78 is 0. The van der Waals surface area contributed by atoms with E-state index in [9.17, 15) is 4.79 Å².